The third-order valence-electron chi connectivity index (χ3n) is 5.08. The number of piperidine rings is 1. The zero-order valence-electron chi connectivity index (χ0n) is 16.7. The van der Waals surface area contributed by atoms with E-state index in [2.05, 4.69) is 0 Å². The minimum Gasteiger partial charge on any atom is -0.477 e. The Morgan fingerprint density at radius 2 is 2.00 bits per heavy atom. The second-order valence-corrected chi connectivity index (χ2v) is 8.35. The Labute approximate surface area is 182 Å². The van der Waals surface area contributed by atoms with Gasteiger partial charge in [-0.15, -0.1) is 11.3 Å². The van der Waals surface area contributed by atoms with Crippen LogP contribution >= 0.6 is 11.3 Å². The molecule has 1 aromatic heterocycles. The molecule has 2 heterocycles. The molecule has 1 fully saturated rings. The van der Waals surface area contributed by atoms with Crippen molar-refractivity contribution in [3.8, 4) is 0 Å². The number of aliphatic hydroxyl groups is 1. The van der Waals surface area contributed by atoms with Crippen molar-refractivity contribution in [2.45, 2.75) is 37.3 Å². The van der Waals surface area contributed by atoms with Gasteiger partial charge >= 0.3 is 11.9 Å². The monoisotopic (exact) mass is 447 g/mol. The van der Waals surface area contributed by atoms with Crippen molar-refractivity contribution in [1.82, 2.24) is 4.90 Å². The van der Waals surface area contributed by atoms with Gasteiger partial charge in [0.05, 0.1) is 6.04 Å². The van der Waals surface area contributed by atoms with E-state index in [-0.39, 0.29) is 22.9 Å². The van der Waals surface area contributed by atoms with Crippen LogP contribution in [-0.4, -0.2) is 45.7 Å². The van der Waals surface area contributed by atoms with Crippen molar-refractivity contribution in [1.29, 1.82) is 0 Å². The van der Waals surface area contributed by atoms with Crippen LogP contribution in [0.2, 0.25) is 0 Å². The number of carboxylic acid groups (broad SMARTS) is 1. The third-order valence-corrected chi connectivity index (χ3v) is 6.12. The van der Waals surface area contributed by atoms with E-state index in [4.69, 9.17) is 5.11 Å². The van der Waals surface area contributed by atoms with E-state index < -0.39 is 24.0 Å². The van der Waals surface area contributed by atoms with Crippen LogP contribution in [0, 0.1) is 0 Å². The SMILES string of the molecule is O=C(O)c1ccc(C=CCN2C(=O)CCCC2C=CC(O)C(F)(F)c2ccccc2)s1. The zero-order chi connectivity index (χ0) is 22.4. The number of benzene rings is 1. The van der Waals surface area contributed by atoms with Gasteiger partial charge in [-0.05, 0) is 31.1 Å². The zero-order valence-corrected chi connectivity index (χ0v) is 17.5. The minimum atomic E-state index is -3.44. The number of likely N-dealkylation sites (tertiary alicyclic amines) is 1. The van der Waals surface area contributed by atoms with E-state index in [1.807, 2.05) is 0 Å². The van der Waals surface area contributed by atoms with E-state index in [9.17, 15) is 23.5 Å². The van der Waals surface area contributed by atoms with Crippen LogP contribution in [0.4, 0.5) is 8.78 Å². The molecule has 1 aromatic carbocycles. The topological polar surface area (TPSA) is 77.8 Å². The van der Waals surface area contributed by atoms with Gasteiger partial charge in [0.25, 0.3) is 0 Å². The number of thiophene rings is 1. The number of carbonyl (C=O) groups excluding carboxylic acids is 1. The smallest absolute Gasteiger partial charge is 0.345 e. The summed E-state index contributed by atoms with van der Waals surface area (Å²) in [4.78, 5) is 25.9. The van der Waals surface area contributed by atoms with Crippen LogP contribution in [0.15, 0.2) is 60.7 Å². The molecule has 1 amide bonds. The van der Waals surface area contributed by atoms with Crippen molar-refractivity contribution < 1.29 is 28.6 Å². The number of carbonyl (C=O) groups is 2. The average Bonchev–Trinajstić information content (AvgIpc) is 3.23. The summed E-state index contributed by atoms with van der Waals surface area (Å²) >= 11 is 1.12. The Bertz CT molecular complexity index is 971. The van der Waals surface area contributed by atoms with Gasteiger partial charge in [-0.3, -0.25) is 4.79 Å². The van der Waals surface area contributed by atoms with Gasteiger partial charge in [-0.2, -0.15) is 8.78 Å². The van der Waals surface area contributed by atoms with Crippen LogP contribution < -0.4 is 0 Å². The van der Waals surface area contributed by atoms with E-state index in [1.54, 1.807) is 29.2 Å². The molecule has 5 nitrogen and oxygen atoms in total. The van der Waals surface area contributed by atoms with Gasteiger partial charge < -0.3 is 15.1 Å². The summed E-state index contributed by atoms with van der Waals surface area (Å²) in [5.41, 5.74) is -0.275. The first-order valence-electron chi connectivity index (χ1n) is 9.88. The maximum atomic E-state index is 14.5. The van der Waals surface area contributed by atoms with E-state index in [0.717, 1.165) is 22.3 Å². The number of nitrogens with zero attached hydrogens (tertiary/aromatic N) is 1. The lowest BCUT2D eigenvalue weighted by molar-refractivity contribution is -0.134. The summed E-state index contributed by atoms with van der Waals surface area (Å²) in [6, 6.07) is 9.92. The third kappa shape index (κ3) is 5.65. The van der Waals surface area contributed by atoms with Gasteiger partial charge in [0.1, 0.15) is 11.0 Å². The molecule has 0 radical (unpaired) electrons. The summed E-state index contributed by atoms with van der Waals surface area (Å²) in [5, 5.41) is 19.1. The molecule has 2 aromatic rings. The summed E-state index contributed by atoms with van der Waals surface area (Å²) in [6.07, 6.45) is 5.64. The fraction of sp³-hybridized carbons (Fsp3) is 0.304. The van der Waals surface area contributed by atoms with Crippen LogP contribution in [-0.2, 0) is 10.7 Å². The van der Waals surface area contributed by atoms with Crippen LogP contribution in [0.25, 0.3) is 6.08 Å². The van der Waals surface area contributed by atoms with Gasteiger partial charge in [0, 0.05) is 23.4 Å². The predicted molar refractivity (Wildman–Crippen MR) is 115 cm³/mol. The highest BCUT2D eigenvalue weighted by molar-refractivity contribution is 7.14. The van der Waals surface area contributed by atoms with Gasteiger partial charge in [0.15, 0.2) is 0 Å². The lowest BCUT2D eigenvalue weighted by atomic mass is 9.98. The molecule has 3 rings (SSSR count). The molecule has 1 aliphatic heterocycles. The molecular weight excluding hydrogens is 424 g/mol. The van der Waals surface area contributed by atoms with Crippen molar-refractivity contribution in [3.63, 3.8) is 0 Å². The number of rotatable bonds is 8. The second-order valence-electron chi connectivity index (χ2n) is 7.23. The first-order chi connectivity index (χ1) is 14.8. The van der Waals surface area contributed by atoms with Crippen molar-refractivity contribution in [2.24, 2.45) is 0 Å². The fourth-order valence-corrected chi connectivity index (χ4v) is 4.19. The van der Waals surface area contributed by atoms with Crippen LogP contribution in [0.1, 0.15) is 39.4 Å². The molecule has 2 unspecified atom stereocenters. The normalized spacial score (nSPS) is 18.7. The average molecular weight is 448 g/mol. The Kier molecular flexibility index (Phi) is 7.35. The molecule has 31 heavy (non-hydrogen) atoms. The molecular formula is C23H23F2NO4S. The highest BCUT2D eigenvalue weighted by Gasteiger charge is 2.39. The van der Waals surface area contributed by atoms with E-state index in [1.165, 1.54) is 36.4 Å². The lowest BCUT2D eigenvalue weighted by Crippen LogP contribution is -2.43. The number of hydrogen-bond acceptors (Lipinski definition) is 4. The molecule has 0 bridgehead atoms. The first kappa shape index (κ1) is 22.8. The molecule has 0 saturated carbocycles. The number of aliphatic hydroxyl groups excluding tert-OH is 1. The molecule has 2 N–H and O–H groups in total. The first-order valence-corrected chi connectivity index (χ1v) is 10.7. The number of carboxylic acids is 1. The molecule has 0 spiro atoms. The molecule has 1 aliphatic rings. The number of hydrogen-bond donors (Lipinski definition) is 2. The standard InChI is InChI=1S/C23H23F2NO4S/c24-23(25,16-6-2-1-3-7-16)20(27)14-11-17-8-4-10-21(28)26(17)15-5-9-18-12-13-19(31-18)22(29)30/h1-3,5-7,9,11-14,17,20,27H,4,8,10,15H2,(H,29,30). The quantitative estimate of drug-likeness (QED) is 0.582. The molecule has 2 atom stereocenters. The van der Waals surface area contributed by atoms with Crippen molar-refractivity contribution >= 4 is 29.3 Å². The number of halogens is 2. The van der Waals surface area contributed by atoms with Crippen molar-refractivity contribution in [3.05, 3.63) is 76.0 Å². The Hall–Kier alpha value is -2.84. The molecule has 1 saturated heterocycles. The van der Waals surface area contributed by atoms with Crippen LogP contribution in [0.5, 0.6) is 0 Å². The van der Waals surface area contributed by atoms with Gasteiger partial charge in [-0.1, -0.05) is 48.6 Å². The Morgan fingerprint density at radius 1 is 1.26 bits per heavy atom. The predicted octanol–water partition coefficient (Wildman–Crippen LogP) is 4.55. The summed E-state index contributed by atoms with van der Waals surface area (Å²) in [5.74, 6) is -4.53. The fourth-order valence-electron chi connectivity index (χ4n) is 3.41. The lowest BCUT2D eigenvalue weighted by Gasteiger charge is -2.33. The Morgan fingerprint density at radius 3 is 2.68 bits per heavy atom. The van der Waals surface area contributed by atoms with Gasteiger partial charge in [-0.25, -0.2) is 4.79 Å². The molecule has 0 aliphatic carbocycles. The van der Waals surface area contributed by atoms with E-state index >= 15 is 0 Å². The summed E-state index contributed by atoms with van der Waals surface area (Å²) in [7, 11) is 0. The molecule has 8 heteroatoms. The summed E-state index contributed by atoms with van der Waals surface area (Å²) in [6.45, 7) is 0.263. The number of alkyl halides is 2. The largest absolute Gasteiger partial charge is 0.477 e. The summed E-state index contributed by atoms with van der Waals surface area (Å²) < 4.78 is 29.0. The Balaban J connectivity index is 1.67. The van der Waals surface area contributed by atoms with Gasteiger partial charge in [0.2, 0.25) is 5.91 Å². The second kappa shape index (κ2) is 9.98. The minimum absolute atomic E-state index is 0.0905. The maximum Gasteiger partial charge on any atom is 0.345 e. The highest BCUT2D eigenvalue weighted by atomic mass is 32.1. The number of amides is 1. The number of aromatic carboxylic acids is 1. The molecule has 164 valence electrons. The van der Waals surface area contributed by atoms with Crippen LogP contribution in [0.3, 0.4) is 0 Å². The highest BCUT2D eigenvalue weighted by Crippen LogP contribution is 2.32. The van der Waals surface area contributed by atoms with Crippen molar-refractivity contribution in [2.75, 3.05) is 6.54 Å². The van der Waals surface area contributed by atoms with E-state index in [0.29, 0.717) is 19.3 Å². The maximum absolute atomic E-state index is 14.5.